The zero-order chi connectivity index (χ0) is 34.2. The second-order valence-corrected chi connectivity index (χ2v) is 12.4. The molecule has 3 heteroatoms. The molecule has 0 aliphatic carbocycles. The first-order chi connectivity index (χ1) is 24.7. The molecule has 7 aromatic rings. The maximum absolute atomic E-state index is 5.21. The van der Waals surface area contributed by atoms with E-state index in [1.165, 1.54) is 21.8 Å². The highest BCUT2D eigenvalue weighted by atomic mass is 15.2. The number of benzene rings is 5. The number of allylic oxidation sites excluding steroid dienone is 8. The highest BCUT2D eigenvalue weighted by Crippen LogP contribution is 2.48. The van der Waals surface area contributed by atoms with Crippen molar-refractivity contribution in [2.75, 3.05) is 4.90 Å². The van der Waals surface area contributed by atoms with E-state index >= 15 is 0 Å². The lowest BCUT2D eigenvalue weighted by Crippen LogP contribution is -2.14. The Hall–Kier alpha value is -6.45. The van der Waals surface area contributed by atoms with Crippen LogP contribution < -0.4 is 4.90 Å². The van der Waals surface area contributed by atoms with Crippen LogP contribution in [0.4, 0.5) is 17.2 Å². The highest BCUT2D eigenvalue weighted by Gasteiger charge is 2.27. The van der Waals surface area contributed by atoms with E-state index in [-0.39, 0.29) is 0 Å². The Bertz CT molecular complexity index is 2420. The van der Waals surface area contributed by atoms with E-state index < -0.39 is 0 Å². The van der Waals surface area contributed by atoms with Crippen LogP contribution in [0.3, 0.4) is 0 Å². The minimum atomic E-state index is 0.836. The van der Waals surface area contributed by atoms with Crippen molar-refractivity contribution in [1.82, 2.24) is 9.55 Å². The van der Waals surface area contributed by atoms with E-state index in [0.29, 0.717) is 0 Å². The molecule has 240 valence electrons. The maximum Gasteiger partial charge on any atom is 0.138 e. The summed E-state index contributed by atoms with van der Waals surface area (Å²) in [6.07, 6.45) is 12.3. The first-order valence-electron chi connectivity index (χ1n) is 17.0. The Morgan fingerprint density at radius 2 is 1.16 bits per heavy atom. The van der Waals surface area contributed by atoms with Crippen LogP contribution in [0.5, 0.6) is 0 Å². The molecule has 0 unspecified atom stereocenters. The van der Waals surface area contributed by atoms with Gasteiger partial charge in [0.05, 0.1) is 22.4 Å². The molecular formula is C47H37N3. The van der Waals surface area contributed by atoms with E-state index in [9.17, 15) is 0 Å². The van der Waals surface area contributed by atoms with Gasteiger partial charge in [0.15, 0.2) is 0 Å². The van der Waals surface area contributed by atoms with Crippen molar-refractivity contribution in [1.29, 1.82) is 0 Å². The fourth-order valence-corrected chi connectivity index (χ4v) is 7.45. The summed E-state index contributed by atoms with van der Waals surface area (Å²) in [6, 6.07) is 45.3. The Balaban J connectivity index is 1.30. The average Bonchev–Trinajstić information content (AvgIpc) is 3.45. The number of anilines is 3. The second kappa shape index (κ2) is 12.9. The summed E-state index contributed by atoms with van der Waals surface area (Å²) in [5.41, 5.74) is 14.3. The third kappa shape index (κ3) is 4.94. The monoisotopic (exact) mass is 643 g/mol. The fourth-order valence-electron chi connectivity index (χ4n) is 7.45. The first-order valence-corrected chi connectivity index (χ1v) is 17.0. The average molecular weight is 644 g/mol. The molecule has 50 heavy (non-hydrogen) atoms. The lowest BCUT2D eigenvalue weighted by atomic mass is 9.95. The fraction of sp³-hybridized carbons (Fsp3) is 0.0426. The highest BCUT2D eigenvalue weighted by molar-refractivity contribution is 6.10. The topological polar surface area (TPSA) is 21.1 Å². The minimum absolute atomic E-state index is 0.836. The predicted molar refractivity (Wildman–Crippen MR) is 214 cm³/mol. The van der Waals surface area contributed by atoms with Gasteiger partial charge in [-0.05, 0) is 84.2 Å². The molecule has 3 nitrogen and oxygen atoms in total. The summed E-state index contributed by atoms with van der Waals surface area (Å²) in [7, 11) is 0. The number of fused-ring (bicyclic) bond motifs is 5. The van der Waals surface area contributed by atoms with Gasteiger partial charge in [0.25, 0.3) is 0 Å². The summed E-state index contributed by atoms with van der Waals surface area (Å²) in [4.78, 5) is 7.48. The molecule has 0 spiro atoms. The van der Waals surface area contributed by atoms with Crippen molar-refractivity contribution in [2.24, 2.45) is 0 Å². The van der Waals surface area contributed by atoms with Crippen molar-refractivity contribution in [3.8, 4) is 16.8 Å². The van der Waals surface area contributed by atoms with E-state index in [1.807, 2.05) is 18.3 Å². The number of hydrogen-bond acceptors (Lipinski definition) is 2. The number of pyridine rings is 1. The lowest BCUT2D eigenvalue weighted by molar-refractivity contribution is 1.17. The van der Waals surface area contributed by atoms with Crippen molar-refractivity contribution in [2.45, 2.75) is 13.8 Å². The number of nitrogens with zero attached hydrogens (tertiary/aromatic N) is 3. The van der Waals surface area contributed by atoms with E-state index in [0.717, 1.165) is 67.4 Å². The molecular weight excluding hydrogens is 607 g/mol. The third-order valence-electron chi connectivity index (χ3n) is 9.67. The number of para-hydroxylation sites is 4. The largest absolute Gasteiger partial charge is 0.309 e. The van der Waals surface area contributed by atoms with E-state index in [1.54, 1.807) is 0 Å². The summed E-state index contributed by atoms with van der Waals surface area (Å²) in [5, 5.41) is 2.51. The van der Waals surface area contributed by atoms with Crippen molar-refractivity contribution in [3.05, 3.63) is 194 Å². The van der Waals surface area contributed by atoms with Gasteiger partial charge in [-0.3, -0.25) is 4.90 Å². The SMILES string of the molecule is C=CC1=C(C=C)c2ccccc2N(c2cc(C(/C=C\C)=C/C)c(-c3ccc(-n4c5ccccc5c5ccccc54)cc3)cn2)c2ccccc21. The second-order valence-electron chi connectivity index (χ2n) is 12.4. The Kier molecular flexibility index (Phi) is 7.94. The van der Waals surface area contributed by atoms with Gasteiger partial charge in [-0.2, -0.15) is 0 Å². The summed E-state index contributed by atoms with van der Waals surface area (Å²) in [5.74, 6) is 0.836. The van der Waals surface area contributed by atoms with Gasteiger partial charge in [0, 0.05) is 39.3 Å². The Morgan fingerprint density at radius 3 is 1.70 bits per heavy atom. The van der Waals surface area contributed by atoms with Gasteiger partial charge in [-0.15, -0.1) is 0 Å². The molecule has 0 radical (unpaired) electrons. The molecule has 0 N–H and O–H groups in total. The zero-order valence-electron chi connectivity index (χ0n) is 28.3. The normalized spacial score (nSPS) is 13.1. The van der Waals surface area contributed by atoms with Crippen molar-refractivity contribution in [3.63, 3.8) is 0 Å². The third-order valence-corrected chi connectivity index (χ3v) is 9.67. The summed E-state index contributed by atoms with van der Waals surface area (Å²) >= 11 is 0. The van der Waals surface area contributed by atoms with Gasteiger partial charge in [0.2, 0.25) is 0 Å². The summed E-state index contributed by atoms with van der Waals surface area (Å²) < 4.78 is 2.35. The molecule has 0 amide bonds. The lowest BCUT2D eigenvalue weighted by Gasteiger charge is -2.27. The molecule has 1 aliphatic rings. The van der Waals surface area contributed by atoms with Crippen LogP contribution in [0.1, 0.15) is 30.5 Å². The van der Waals surface area contributed by atoms with Crippen LogP contribution in [-0.2, 0) is 0 Å². The minimum Gasteiger partial charge on any atom is -0.309 e. The van der Waals surface area contributed by atoms with Crippen LogP contribution in [0.15, 0.2) is 177 Å². The van der Waals surface area contributed by atoms with Crippen molar-refractivity contribution < 1.29 is 0 Å². The van der Waals surface area contributed by atoms with Gasteiger partial charge < -0.3 is 4.57 Å². The smallest absolute Gasteiger partial charge is 0.138 e. The molecule has 5 aromatic carbocycles. The quantitative estimate of drug-likeness (QED) is 0.161. The van der Waals surface area contributed by atoms with Gasteiger partial charge in [-0.25, -0.2) is 4.98 Å². The Labute approximate surface area is 293 Å². The zero-order valence-corrected chi connectivity index (χ0v) is 28.3. The molecule has 1 aliphatic heterocycles. The van der Waals surface area contributed by atoms with Crippen LogP contribution in [-0.4, -0.2) is 9.55 Å². The standard InChI is InChI=1S/C47H37N3/c1-5-17-32(6-2)41-30-47(50-45-24-15-9-18-37(45)35(7-3)36(8-4)38-19-10-16-25-46(38)50)48-31-42(41)33-26-28-34(29-27-33)49-43-22-13-11-20-39(43)40-21-12-14-23-44(40)49/h5-31H,3-4H2,1-2H3/b17-5-,32-6+. The molecule has 0 bridgehead atoms. The Morgan fingerprint density at radius 1 is 0.620 bits per heavy atom. The molecule has 0 saturated heterocycles. The summed E-state index contributed by atoms with van der Waals surface area (Å²) in [6.45, 7) is 12.6. The van der Waals surface area contributed by atoms with Gasteiger partial charge in [0.1, 0.15) is 5.82 Å². The predicted octanol–water partition coefficient (Wildman–Crippen LogP) is 12.9. The first kappa shape index (κ1) is 30.9. The van der Waals surface area contributed by atoms with E-state index in [2.05, 4.69) is 182 Å². The van der Waals surface area contributed by atoms with Gasteiger partial charge in [-0.1, -0.05) is 128 Å². The molecule has 0 fully saturated rings. The van der Waals surface area contributed by atoms with Crippen LogP contribution in [0.25, 0.3) is 55.3 Å². The van der Waals surface area contributed by atoms with E-state index in [4.69, 9.17) is 4.98 Å². The number of hydrogen-bond donors (Lipinski definition) is 0. The van der Waals surface area contributed by atoms with Crippen LogP contribution in [0.2, 0.25) is 0 Å². The molecule has 0 saturated carbocycles. The van der Waals surface area contributed by atoms with Gasteiger partial charge >= 0.3 is 0 Å². The molecule has 8 rings (SSSR count). The molecule has 0 atom stereocenters. The van der Waals surface area contributed by atoms with Crippen LogP contribution in [0, 0.1) is 0 Å². The molecule has 2 aromatic heterocycles. The maximum atomic E-state index is 5.21. The van der Waals surface area contributed by atoms with Crippen LogP contribution >= 0.6 is 0 Å². The van der Waals surface area contributed by atoms with Crippen molar-refractivity contribution >= 4 is 55.7 Å². The number of aromatic nitrogens is 2. The number of rotatable bonds is 7. The molecule has 3 heterocycles.